The molecule has 0 radical (unpaired) electrons. The van der Waals surface area contributed by atoms with E-state index in [0.717, 1.165) is 77.9 Å². The highest BCUT2D eigenvalue weighted by Gasteiger charge is 2.38. The molecule has 4 aliphatic heterocycles. The van der Waals surface area contributed by atoms with E-state index in [1.807, 2.05) is 7.11 Å². The lowest BCUT2D eigenvalue weighted by atomic mass is 9.78. The lowest BCUT2D eigenvalue weighted by molar-refractivity contribution is -0.135. The minimum absolute atomic E-state index is 0.337. The summed E-state index contributed by atoms with van der Waals surface area (Å²) in [5.74, 6) is 2.06. The molecule has 5 aliphatic rings. The van der Waals surface area contributed by atoms with Crippen molar-refractivity contribution in [3.63, 3.8) is 0 Å². The first kappa shape index (κ1) is 25.9. The lowest BCUT2D eigenvalue weighted by Gasteiger charge is -2.42. The Bertz CT molecular complexity index is 659. The normalized spacial score (nSPS) is 39.6. The van der Waals surface area contributed by atoms with Crippen molar-refractivity contribution in [1.82, 2.24) is 25.9 Å². The molecule has 1 aliphatic carbocycles. The van der Waals surface area contributed by atoms with Crippen LogP contribution < -0.4 is 16.1 Å². The highest BCUT2D eigenvalue weighted by molar-refractivity contribution is 5.76. The van der Waals surface area contributed by atoms with Gasteiger partial charge in [-0.15, -0.1) is 0 Å². The second-order valence-corrected chi connectivity index (χ2v) is 11.8. The Morgan fingerprint density at radius 2 is 1.80 bits per heavy atom. The fraction of sp³-hybridized carbons (Fsp3) is 0.963. The molecule has 5 atom stereocenters. The van der Waals surface area contributed by atoms with Crippen LogP contribution >= 0.6 is 0 Å². The predicted molar refractivity (Wildman–Crippen MR) is 137 cm³/mol. The third-order valence-electron chi connectivity index (χ3n) is 9.66. The first-order chi connectivity index (χ1) is 17.2. The number of methoxy groups -OCH3 is 1. The molecule has 4 saturated heterocycles. The summed E-state index contributed by atoms with van der Waals surface area (Å²) < 4.78 is 5.54. The molecule has 8 heteroatoms. The second kappa shape index (κ2) is 12.7. The monoisotopic (exact) mass is 491 g/mol. The smallest absolute Gasteiger partial charge is 0.222 e. The maximum absolute atomic E-state index is 13.3. The predicted octanol–water partition coefficient (Wildman–Crippen LogP) is 2.10. The summed E-state index contributed by atoms with van der Waals surface area (Å²) in [4.78, 5) is 24.0. The first-order valence-electron chi connectivity index (χ1n) is 14.6. The summed E-state index contributed by atoms with van der Waals surface area (Å²) in [6, 6.07) is 0.411. The van der Waals surface area contributed by atoms with E-state index in [9.17, 15) is 4.79 Å². The number of piperidine rings is 2. The van der Waals surface area contributed by atoms with E-state index in [-0.39, 0.29) is 0 Å². The fourth-order valence-corrected chi connectivity index (χ4v) is 7.36. The van der Waals surface area contributed by atoms with Crippen molar-refractivity contribution in [3.05, 3.63) is 0 Å². The molecule has 5 fully saturated rings. The maximum Gasteiger partial charge on any atom is 0.222 e. The van der Waals surface area contributed by atoms with Crippen LogP contribution in [0.15, 0.2) is 0 Å². The van der Waals surface area contributed by atoms with Gasteiger partial charge < -0.3 is 20.3 Å². The zero-order valence-corrected chi connectivity index (χ0v) is 21.9. The van der Waals surface area contributed by atoms with Crippen LogP contribution in [0, 0.1) is 17.8 Å². The number of carbonyl (C=O) groups is 1. The number of nitrogens with zero attached hydrogens (tertiary/aromatic N) is 2. The molecule has 4 heterocycles. The third kappa shape index (κ3) is 6.76. The first-order valence-corrected chi connectivity index (χ1v) is 14.6. The van der Waals surface area contributed by atoms with Gasteiger partial charge >= 0.3 is 0 Å². The Kier molecular flexibility index (Phi) is 9.35. The van der Waals surface area contributed by atoms with Crippen LogP contribution in [-0.4, -0.2) is 93.0 Å². The van der Waals surface area contributed by atoms with Crippen molar-refractivity contribution in [3.8, 4) is 0 Å². The van der Waals surface area contributed by atoms with E-state index in [1.165, 1.54) is 32.1 Å². The SMILES string of the molecule is COC1CCC(C2CC(C[C@@H]3CNCC[C@H]3CC(=O)N3CCN(C4CCCCN4)CC3)NO2)CC1. The van der Waals surface area contributed by atoms with Gasteiger partial charge in [-0.3, -0.25) is 14.5 Å². The molecule has 1 saturated carbocycles. The molecule has 8 nitrogen and oxygen atoms in total. The Morgan fingerprint density at radius 1 is 0.971 bits per heavy atom. The number of hydroxylamine groups is 1. The molecule has 0 spiro atoms. The summed E-state index contributed by atoms with van der Waals surface area (Å²) in [6.45, 7) is 7.00. The van der Waals surface area contributed by atoms with Gasteiger partial charge in [-0.1, -0.05) is 0 Å². The topological polar surface area (TPSA) is 78.1 Å². The minimum Gasteiger partial charge on any atom is -0.381 e. The highest BCUT2D eigenvalue weighted by Crippen LogP contribution is 2.35. The Labute approximate surface area is 212 Å². The summed E-state index contributed by atoms with van der Waals surface area (Å²) >= 11 is 0. The number of piperazine rings is 1. The minimum atomic E-state index is 0.337. The summed E-state index contributed by atoms with van der Waals surface area (Å²) in [5, 5.41) is 7.26. The van der Waals surface area contributed by atoms with Crippen LogP contribution in [0.3, 0.4) is 0 Å². The van der Waals surface area contributed by atoms with E-state index in [0.29, 0.717) is 54.5 Å². The molecule has 0 aromatic rings. The maximum atomic E-state index is 13.3. The number of hydrogen-bond acceptors (Lipinski definition) is 7. The van der Waals surface area contributed by atoms with Crippen molar-refractivity contribution >= 4 is 5.91 Å². The number of nitrogens with one attached hydrogen (secondary N) is 3. The molecule has 1 amide bonds. The number of amides is 1. The van der Waals surface area contributed by atoms with Crippen LogP contribution in [0.2, 0.25) is 0 Å². The number of ether oxygens (including phenoxy) is 1. The fourth-order valence-electron chi connectivity index (χ4n) is 7.36. The molecule has 200 valence electrons. The number of rotatable bonds is 7. The van der Waals surface area contributed by atoms with Crippen LogP contribution in [0.1, 0.15) is 70.6 Å². The molecule has 0 aromatic carbocycles. The quantitative estimate of drug-likeness (QED) is 0.503. The molecule has 0 bridgehead atoms. The standard InChI is InChI=1S/C27H49N5O3/c1-34-24-7-5-20(6-8-24)25-18-23(30-35-25)16-22-19-28-11-9-21(22)17-27(33)32-14-12-31(13-15-32)26-4-2-3-10-29-26/h20-26,28-30H,2-19H2,1H3/t20?,21-,22+,23?,24?,25?,26?/m0/s1. The van der Waals surface area contributed by atoms with Gasteiger partial charge in [0.2, 0.25) is 5.91 Å². The second-order valence-electron chi connectivity index (χ2n) is 11.8. The van der Waals surface area contributed by atoms with Crippen molar-refractivity contribution < 1.29 is 14.4 Å². The molecular formula is C27H49N5O3. The average Bonchev–Trinajstić information content (AvgIpc) is 3.39. The van der Waals surface area contributed by atoms with Crippen LogP contribution in [0.4, 0.5) is 0 Å². The Balaban J connectivity index is 1.06. The molecule has 5 rings (SSSR count). The van der Waals surface area contributed by atoms with Crippen molar-refractivity contribution in [2.45, 2.75) is 95.0 Å². The summed E-state index contributed by atoms with van der Waals surface area (Å²) in [7, 11) is 1.84. The van der Waals surface area contributed by atoms with Gasteiger partial charge in [0.15, 0.2) is 0 Å². The third-order valence-corrected chi connectivity index (χ3v) is 9.66. The van der Waals surface area contributed by atoms with Gasteiger partial charge in [0.05, 0.1) is 18.4 Å². The van der Waals surface area contributed by atoms with Crippen molar-refractivity contribution in [2.75, 3.05) is 52.9 Å². The lowest BCUT2D eigenvalue weighted by Crippen LogP contribution is -2.57. The molecule has 3 unspecified atom stereocenters. The van der Waals surface area contributed by atoms with Crippen LogP contribution in [0.25, 0.3) is 0 Å². The van der Waals surface area contributed by atoms with Crippen LogP contribution in [0.5, 0.6) is 0 Å². The molecular weight excluding hydrogens is 442 g/mol. The van der Waals surface area contributed by atoms with Gasteiger partial charge in [-0.25, -0.2) is 0 Å². The largest absolute Gasteiger partial charge is 0.381 e. The molecule has 35 heavy (non-hydrogen) atoms. The molecule has 0 aromatic heterocycles. The van der Waals surface area contributed by atoms with Crippen molar-refractivity contribution in [2.24, 2.45) is 17.8 Å². The highest BCUT2D eigenvalue weighted by atomic mass is 16.7. The van der Waals surface area contributed by atoms with E-state index in [1.54, 1.807) is 0 Å². The van der Waals surface area contributed by atoms with E-state index < -0.39 is 0 Å². The van der Waals surface area contributed by atoms with E-state index >= 15 is 0 Å². The average molecular weight is 492 g/mol. The van der Waals surface area contributed by atoms with Gasteiger partial charge in [0, 0.05) is 45.8 Å². The zero-order valence-electron chi connectivity index (χ0n) is 21.9. The summed E-state index contributed by atoms with van der Waals surface area (Å²) in [5.41, 5.74) is 3.38. The van der Waals surface area contributed by atoms with Gasteiger partial charge in [-0.05, 0) is 102 Å². The Hall–Kier alpha value is -0.770. The number of hydrogen-bond donors (Lipinski definition) is 3. The van der Waals surface area contributed by atoms with Gasteiger partial charge in [0.1, 0.15) is 0 Å². The van der Waals surface area contributed by atoms with E-state index in [2.05, 4.69) is 25.9 Å². The van der Waals surface area contributed by atoms with Gasteiger partial charge in [0.25, 0.3) is 0 Å². The Morgan fingerprint density at radius 3 is 2.54 bits per heavy atom. The van der Waals surface area contributed by atoms with Gasteiger partial charge in [-0.2, -0.15) is 5.48 Å². The summed E-state index contributed by atoms with van der Waals surface area (Å²) in [6.07, 6.45) is 14.0. The van der Waals surface area contributed by atoms with Crippen LogP contribution in [-0.2, 0) is 14.4 Å². The van der Waals surface area contributed by atoms with E-state index in [4.69, 9.17) is 9.57 Å². The number of carbonyl (C=O) groups excluding carboxylic acids is 1. The molecule has 3 N–H and O–H groups in total. The van der Waals surface area contributed by atoms with Crippen molar-refractivity contribution in [1.29, 1.82) is 0 Å². The zero-order chi connectivity index (χ0) is 24.0.